The van der Waals surface area contributed by atoms with Crippen LogP contribution in [0.4, 0.5) is 23.4 Å². The SMILES string of the molecule is Nc1nc(=O)n(C2OC(CO)/C(=C/F)C2O)cc1C(F)(F)F. The fourth-order valence-corrected chi connectivity index (χ4v) is 2.06. The van der Waals surface area contributed by atoms with E-state index >= 15 is 0 Å². The molecule has 1 aromatic rings. The second kappa shape index (κ2) is 5.66. The van der Waals surface area contributed by atoms with Gasteiger partial charge in [-0.25, -0.2) is 9.18 Å². The Morgan fingerprint density at radius 1 is 1.50 bits per heavy atom. The summed E-state index contributed by atoms with van der Waals surface area (Å²) in [5.74, 6) is -1.03. The molecule has 1 aliphatic rings. The standard InChI is InChI=1S/C11H11F4N3O4/c12-1-4-6(3-19)22-9(7(4)20)18-2-5(11(13,14)15)8(16)17-10(18)21/h1-2,6-7,9,19-20H,3H2,(H2,16,17,21)/b4-1-. The Labute approximate surface area is 120 Å². The van der Waals surface area contributed by atoms with E-state index in [-0.39, 0.29) is 6.33 Å². The number of anilines is 1. The molecule has 1 aliphatic heterocycles. The van der Waals surface area contributed by atoms with Crippen molar-refractivity contribution in [3.8, 4) is 0 Å². The van der Waals surface area contributed by atoms with E-state index in [1.54, 1.807) is 0 Å². The number of aliphatic hydroxyl groups is 2. The number of halogens is 4. The number of ether oxygens (including phenoxy) is 1. The van der Waals surface area contributed by atoms with Gasteiger partial charge in [-0.15, -0.1) is 0 Å². The van der Waals surface area contributed by atoms with E-state index in [2.05, 4.69) is 4.98 Å². The predicted octanol–water partition coefficient (Wildman–Crippen LogP) is -0.0517. The van der Waals surface area contributed by atoms with Crippen molar-refractivity contribution in [2.45, 2.75) is 24.6 Å². The predicted molar refractivity (Wildman–Crippen MR) is 64.1 cm³/mol. The van der Waals surface area contributed by atoms with Crippen LogP contribution in [0.5, 0.6) is 0 Å². The van der Waals surface area contributed by atoms with Crippen molar-refractivity contribution < 1.29 is 32.5 Å². The second-order valence-electron chi connectivity index (χ2n) is 4.48. The summed E-state index contributed by atoms with van der Waals surface area (Å²) in [4.78, 5) is 14.7. The Hall–Kier alpha value is -1.98. The lowest BCUT2D eigenvalue weighted by molar-refractivity contribution is -0.138. The minimum atomic E-state index is -4.88. The zero-order valence-electron chi connectivity index (χ0n) is 10.8. The molecule has 1 aromatic heterocycles. The molecule has 0 aromatic carbocycles. The Morgan fingerprint density at radius 2 is 2.14 bits per heavy atom. The molecule has 3 unspecified atom stereocenters. The minimum absolute atomic E-state index is 0.0357. The van der Waals surface area contributed by atoms with Gasteiger partial charge in [0.05, 0.1) is 12.9 Å². The molecule has 2 heterocycles. The van der Waals surface area contributed by atoms with Crippen LogP contribution < -0.4 is 11.4 Å². The average Bonchev–Trinajstić information content (AvgIpc) is 2.73. The summed E-state index contributed by atoms with van der Waals surface area (Å²) >= 11 is 0. The van der Waals surface area contributed by atoms with Crippen molar-refractivity contribution >= 4 is 5.82 Å². The Bertz CT molecular complexity index is 658. The minimum Gasteiger partial charge on any atom is -0.393 e. The number of hydrogen-bond donors (Lipinski definition) is 3. The summed E-state index contributed by atoms with van der Waals surface area (Å²) in [6.07, 6.45) is -9.30. The normalized spacial score (nSPS) is 27.5. The van der Waals surface area contributed by atoms with Gasteiger partial charge in [0.2, 0.25) is 0 Å². The van der Waals surface area contributed by atoms with E-state index in [0.717, 1.165) is 0 Å². The fourth-order valence-electron chi connectivity index (χ4n) is 2.06. The zero-order chi connectivity index (χ0) is 16.7. The average molecular weight is 325 g/mol. The van der Waals surface area contributed by atoms with Crippen molar-refractivity contribution in [1.29, 1.82) is 0 Å². The Morgan fingerprint density at radius 3 is 2.59 bits per heavy atom. The zero-order valence-corrected chi connectivity index (χ0v) is 10.8. The summed E-state index contributed by atoms with van der Waals surface area (Å²) in [5, 5.41) is 18.8. The highest BCUT2D eigenvalue weighted by Gasteiger charge is 2.42. The van der Waals surface area contributed by atoms with Crippen LogP contribution >= 0.6 is 0 Å². The summed E-state index contributed by atoms with van der Waals surface area (Å²) in [7, 11) is 0. The molecule has 3 atom stereocenters. The molecule has 0 bridgehead atoms. The lowest BCUT2D eigenvalue weighted by Crippen LogP contribution is -2.34. The largest absolute Gasteiger partial charge is 0.421 e. The van der Waals surface area contributed by atoms with Gasteiger partial charge in [-0.1, -0.05) is 0 Å². The summed E-state index contributed by atoms with van der Waals surface area (Å²) in [6, 6.07) is 0. The number of nitrogens with zero attached hydrogens (tertiary/aromatic N) is 2. The maximum Gasteiger partial charge on any atom is 0.421 e. The van der Waals surface area contributed by atoms with Crippen molar-refractivity contribution in [3.63, 3.8) is 0 Å². The van der Waals surface area contributed by atoms with E-state index in [0.29, 0.717) is 10.8 Å². The molecule has 7 nitrogen and oxygen atoms in total. The molecular weight excluding hydrogens is 314 g/mol. The third-order valence-corrected chi connectivity index (χ3v) is 3.14. The monoisotopic (exact) mass is 325 g/mol. The molecule has 122 valence electrons. The third-order valence-electron chi connectivity index (χ3n) is 3.14. The van der Waals surface area contributed by atoms with Gasteiger partial charge in [-0.2, -0.15) is 18.2 Å². The molecule has 0 spiro atoms. The van der Waals surface area contributed by atoms with Crippen LogP contribution in [0.15, 0.2) is 22.9 Å². The maximum atomic E-state index is 12.8. The van der Waals surface area contributed by atoms with Gasteiger partial charge in [-0.3, -0.25) is 4.57 Å². The van der Waals surface area contributed by atoms with Crippen molar-refractivity contribution in [2.75, 3.05) is 12.3 Å². The lowest BCUT2D eigenvalue weighted by Gasteiger charge is -2.19. The summed E-state index contributed by atoms with van der Waals surface area (Å²) < 4.78 is 56.4. The number of aliphatic hydroxyl groups excluding tert-OH is 2. The lowest BCUT2D eigenvalue weighted by atomic mass is 10.1. The van der Waals surface area contributed by atoms with Crippen LogP contribution in [0.2, 0.25) is 0 Å². The van der Waals surface area contributed by atoms with E-state index in [9.17, 15) is 27.5 Å². The Kier molecular flexibility index (Phi) is 4.22. The van der Waals surface area contributed by atoms with Gasteiger partial charge in [0.25, 0.3) is 0 Å². The first-order chi connectivity index (χ1) is 10.2. The van der Waals surface area contributed by atoms with E-state index in [4.69, 9.17) is 15.6 Å². The number of nitrogens with two attached hydrogens (primary N) is 1. The first kappa shape index (κ1) is 16.4. The van der Waals surface area contributed by atoms with Gasteiger partial charge in [0.15, 0.2) is 6.23 Å². The van der Waals surface area contributed by atoms with Crippen molar-refractivity contribution in [3.05, 3.63) is 34.1 Å². The molecule has 11 heteroatoms. The molecular formula is C11H11F4N3O4. The van der Waals surface area contributed by atoms with Crippen LogP contribution in [0.25, 0.3) is 0 Å². The highest BCUT2D eigenvalue weighted by Crippen LogP contribution is 2.35. The number of aromatic nitrogens is 2. The van der Waals surface area contributed by atoms with E-state index in [1.165, 1.54) is 0 Å². The number of alkyl halides is 3. The summed E-state index contributed by atoms with van der Waals surface area (Å²) in [6.45, 7) is -0.730. The highest BCUT2D eigenvalue weighted by molar-refractivity contribution is 5.39. The van der Waals surface area contributed by atoms with Crippen LogP contribution in [-0.4, -0.2) is 38.6 Å². The Balaban J connectivity index is 2.52. The third kappa shape index (κ3) is 2.69. The maximum absolute atomic E-state index is 12.8. The smallest absolute Gasteiger partial charge is 0.393 e. The fraction of sp³-hybridized carbons (Fsp3) is 0.455. The number of rotatable bonds is 2. The molecule has 0 aliphatic carbocycles. The van der Waals surface area contributed by atoms with Gasteiger partial charge in [-0.05, 0) is 0 Å². The summed E-state index contributed by atoms with van der Waals surface area (Å²) in [5.41, 5.74) is 2.04. The molecule has 0 amide bonds. The van der Waals surface area contributed by atoms with Gasteiger partial charge in [0, 0.05) is 11.8 Å². The topological polar surface area (TPSA) is 111 Å². The highest BCUT2D eigenvalue weighted by atomic mass is 19.4. The number of hydrogen-bond acceptors (Lipinski definition) is 6. The molecule has 2 rings (SSSR count). The van der Waals surface area contributed by atoms with Crippen molar-refractivity contribution in [1.82, 2.24) is 9.55 Å². The van der Waals surface area contributed by atoms with Crippen LogP contribution in [0.1, 0.15) is 11.8 Å². The molecule has 4 N–H and O–H groups in total. The first-order valence-corrected chi connectivity index (χ1v) is 5.91. The molecule has 0 saturated carbocycles. The molecule has 1 fully saturated rings. The van der Waals surface area contributed by atoms with Gasteiger partial charge < -0.3 is 20.7 Å². The quantitative estimate of drug-likeness (QED) is 0.658. The van der Waals surface area contributed by atoms with E-state index in [1.807, 2.05) is 0 Å². The van der Waals surface area contributed by atoms with Crippen molar-refractivity contribution in [2.24, 2.45) is 0 Å². The molecule has 1 saturated heterocycles. The van der Waals surface area contributed by atoms with Gasteiger partial charge >= 0.3 is 11.9 Å². The van der Waals surface area contributed by atoms with E-state index < -0.39 is 53.9 Å². The van der Waals surface area contributed by atoms with Crippen LogP contribution in [0.3, 0.4) is 0 Å². The molecule has 0 radical (unpaired) electrons. The second-order valence-corrected chi connectivity index (χ2v) is 4.48. The van der Waals surface area contributed by atoms with Crippen LogP contribution in [0, 0.1) is 0 Å². The van der Waals surface area contributed by atoms with Gasteiger partial charge in [0.1, 0.15) is 23.6 Å². The first-order valence-electron chi connectivity index (χ1n) is 5.91. The molecule has 22 heavy (non-hydrogen) atoms. The number of nitrogen functional groups attached to an aromatic ring is 1. The van der Waals surface area contributed by atoms with Crippen LogP contribution in [-0.2, 0) is 10.9 Å².